The largest absolute Gasteiger partial charge is 0.495 e. The highest BCUT2D eigenvalue weighted by molar-refractivity contribution is 7.99. The number of fused-ring (bicyclic) bond motifs is 4. The number of furan rings is 1. The molecule has 0 saturated carbocycles. The van der Waals surface area contributed by atoms with Crippen molar-refractivity contribution in [2.45, 2.75) is 12.1 Å². The Balaban J connectivity index is 1.32. The van der Waals surface area contributed by atoms with Crippen molar-refractivity contribution in [3.8, 4) is 11.4 Å². The number of aromatic nitrogens is 2. The molecule has 0 radical (unpaired) electrons. The number of nitrogens with zero attached hydrogens (tertiary/aromatic N) is 2. The Morgan fingerprint density at radius 2 is 1.68 bits per heavy atom. The van der Waals surface area contributed by atoms with E-state index in [2.05, 4.69) is 5.32 Å². The van der Waals surface area contributed by atoms with Gasteiger partial charge in [0.15, 0.2) is 5.16 Å². The minimum Gasteiger partial charge on any atom is -0.495 e. The molecule has 2 heterocycles. The number of aryl methyl sites for hydroxylation is 1. The number of amides is 1. The number of ether oxygens (including phenoxy) is 1. The summed E-state index contributed by atoms with van der Waals surface area (Å²) in [4.78, 5) is 31.3. The molecular weight excluding hydrogens is 498 g/mol. The second-order valence-electron chi connectivity index (χ2n) is 8.82. The van der Waals surface area contributed by atoms with E-state index < -0.39 is 0 Å². The highest BCUT2D eigenvalue weighted by Crippen LogP contribution is 2.36. The number of carbonyl (C=O) groups is 1. The fourth-order valence-electron chi connectivity index (χ4n) is 4.57. The summed E-state index contributed by atoms with van der Waals surface area (Å²) in [6.45, 7) is 1.94. The lowest BCUT2D eigenvalue weighted by Gasteiger charge is -2.15. The number of para-hydroxylation sites is 3. The summed E-state index contributed by atoms with van der Waals surface area (Å²) in [6.07, 6.45) is 0. The van der Waals surface area contributed by atoms with Gasteiger partial charge in [0.2, 0.25) is 5.91 Å². The standard InChI is InChI=1S/C30H23N3O4S/c1-18-9-3-7-13-24(18)33-29(35)20-11-4-6-12-22(20)32-30(33)38-17-28(34)31-23-16-26-21(15-27(23)36-2)19-10-5-8-14-25(19)37-26/h3-16H,17H2,1-2H3,(H,31,34). The zero-order valence-electron chi connectivity index (χ0n) is 20.7. The molecule has 188 valence electrons. The fourth-order valence-corrected chi connectivity index (χ4v) is 5.38. The number of carbonyl (C=O) groups excluding carboxylic acids is 1. The molecule has 1 amide bonds. The maximum atomic E-state index is 13.5. The van der Waals surface area contributed by atoms with Crippen LogP contribution in [-0.4, -0.2) is 28.3 Å². The van der Waals surface area contributed by atoms with Crippen molar-refractivity contribution in [2.75, 3.05) is 18.2 Å². The van der Waals surface area contributed by atoms with Gasteiger partial charge in [-0.15, -0.1) is 0 Å². The van der Waals surface area contributed by atoms with Gasteiger partial charge >= 0.3 is 0 Å². The van der Waals surface area contributed by atoms with Gasteiger partial charge in [0, 0.05) is 16.8 Å². The van der Waals surface area contributed by atoms with Crippen LogP contribution < -0.4 is 15.6 Å². The molecule has 0 fully saturated rings. The van der Waals surface area contributed by atoms with Crippen molar-refractivity contribution in [1.29, 1.82) is 0 Å². The van der Waals surface area contributed by atoms with Crippen molar-refractivity contribution in [3.63, 3.8) is 0 Å². The van der Waals surface area contributed by atoms with E-state index in [0.29, 0.717) is 33.1 Å². The molecule has 0 bridgehead atoms. The van der Waals surface area contributed by atoms with Crippen molar-refractivity contribution in [3.05, 3.63) is 101 Å². The Hall–Kier alpha value is -4.56. The molecule has 38 heavy (non-hydrogen) atoms. The Morgan fingerprint density at radius 3 is 2.50 bits per heavy atom. The van der Waals surface area contributed by atoms with Crippen LogP contribution in [0.1, 0.15) is 5.56 Å². The lowest BCUT2D eigenvalue weighted by atomic mass is 10.1. The van der Waals surface area contributed by atoms with E-state index in [4.69, 9.17) is 14.1 Å². The Bertz CT molecular complexity index is 1910. The van der Waals surface area contributed by atoms with E-state index in [-0.39, 0.29) is 17.2 Å². The van der Waals surface area contributed by atoms with Crippen LogP contribution in [0.4, 0.5) is 5.69 Å². The highest BCUT2D eigenvalue weighted by atomic mass is 32.2. The predicted molar refractivity (Wildman–Crippen MR) is 152 cm³/mol. The summed E-state index contributed by atoms with van der Waals surface area (Å²) in [6, 6.07) is 26.2. The SMILES string of the molecule is COc1cc2c(cc1NC(=O)CSc1nc3ccccc3c(=O)n1-c1ccccc1C)oc1ccccc12. The molecule has 8 heteroatoms. The van der Waals surface area contributed by atoms with Crippen LogP contribution in [0.5, 0.6) is 5.75 Å². The fraction of sp³-hybridized carbons (Fsp3) is 0.100. The average molecular weight is 522 g/mol. The Labute approximate surface area is 222 Å². The molecule has 0 spiro atoms. The van der Waals surface area contributed by atoms with Gasteiger partial charge in [-0.05, 0) is 42.8 Å². The molecule has 2 aromatic heterocycles. The molecule has 0 aliphatic carbocycles. The molecule has 0 aliphatic heterocycles. The maximum absolute atomic E-state index is 13.5. The van der Waals surface area contributed by atoms with Gasteiger partial charge in [0.25, 0.3) is 5.56 Å². The molecule has 6 aromatic rings. The number of anilines is 1. The first kappa shape index (κ1) is 23.8. The topological polar surface area (TPSA) is 86.4 Å². The van der Waals surface area contributed by atoms with E-state index in [1.54, 1.807) is 29.9 Å². The Kier molecular flexibility index (Phi) is 6.09. The lowest BCUT2D eigenvalue weighted by molar-refractivity contribution is -0.113. The van der Waals surface area contributed by atoms with E-state index in [1.807, 2.05) is 73.7 Å². The van der Waals surface area contributed by atoms with Crippen molar-refractivity contribution in [2.24, 2.45) is 0 Å². The number of benzene rings is 4. The number of hydrogen-bond donors (Lipinski definition) is 1. The number of hydrogen-bond acceptors (Lipinski definition) is 6. The van der Waals surface area contributed by atoms with Gasteiger partial charge in [0.1, 0.15) is 16.9 Å². The van der Waals surface area contributed by atoms with Crippen LogP contribution in [0.3, 0.4) is 0 Å². The van der Waals surface area contributed by atoms with Gasteiger partial charge in [0.05, 0.1) is 35.1 Å². The summed E-state index contributed by atoms with van der Waals surface area (Å²) in [5.41, 5.74) is 4.00. The average Bonchev–Trinajstić information content (AvgIpc) is 3.29. The van der Waals surface area contributed by atoms with Gasteiger partial charge in [-0.1, -0.05) is 60.3 Å². The second-order valence-corrected chi connectivity index (χ2v) is 9.76. The molecule has 1 N–H and O–H groups in total. The first-order valence-electron chi connectivity index (χ1n) is 12.0. The number of methoxy groups -OCH3 is 1. The van der Waals surface area contributed by atoms with Crippen molar-refractivity contribution < 1.29 is 13.9 Å². The van der Waals surface area contributed by atoms with Crippen LogP contribution in [-0.2, 0) is 4.79 Å². The van der Waals surface area contributed by atoms with E-state index in [0.717, 1.165) is 27.6 Å². The third-order valence-electron chi connectivity index (χ3n) is 6.41. The van der Waals surface area contributed by atoms with Crippen LogP contribution >= 0.6 is 11.8 Å². The number of thioether (sulfide) groups is 1. The van der Waals surface area contributed by atoms with E-state index >= 15 is 0 Å². The third-order valence-corrected chi connectivity index (χ3v) is 7.35. The van der Waals surface area contributed by atoms with Crippen LogP contribution in [0.2, 0.25) is 0 Å². The van der Waals surface area contributed by atoms with Gasteiger partial charge in [-0.25, -0.2) is 4.98 Å². The molecule has 6 rings (SSSR count). The first-order chi connectivity index (χ1) is 18.5. The molecule has 0 aliphatic rings. The Morgan fingerprint density at radius 1 is 0.947 bits per heavy atom. The number of rotatable bonds is 6. The second kappa shape index (κ2) is 9.72. The third kappa shape index (κ3) is 4.18. The van der Waals surface area contributed by atoms with Crippen molar-refractivity contribution >= 4 is 56.2 Å². The zero-order valence-corrected chi connectivity index (χ0v) is 21.5. The van der Waals surface area contributed by atoms with Gasteiger partial charge in [-0.2, -0.15) is 0 Å². The van der Waals surface area contributed by atoms with Crippen LogP contribution in [0, 0.1) is 6.92 Å². The molecule has 7 nitrogen and oxygen atoms in total. The minimum atomic E-state index is -0.262. The molecular formula is C30H23N3O4S. The summed E-state index contributed by atoms with van der Waals surface area (Å²) in [5, 5.41) is 5.78. The van der Waals surface area contributed by atoms with E-state index in [9.17, 15) is 9.59 Å². The monoisotopic (exact) mass is 521 g/mol. The summed E-state index contributed by atoms with van der Waals surface area (Å²) >= 11 is 1.20. The zero-order chi connectivity index (χ0) is 26.2. The summed E-state index contributed by atoms with van der Waals surface area (Å²) in [7, 11) is 1.56. The smallest absolute Gasteiger partial charge is 0.266 e. The molecule has 0 saturated heterocycles. The number of nitrogens with one attached hydrogen (secondary N) is 1. The maximum Gasteiger partial charge on any atom is 0.266 e. The normalized spacial score (nSPS) is 11.3. The van der Waals surface area contributed by atoms with E-state index in [1.165, 1.54) is 11.8 Å². The quantitative estimate of drug-likeness (QED) is 0.204. The first-order valence-corrected chi connectivity index (χ1v) is 13.0. The van der Waals surface area contributed by atoms with Gasteiger partial charge < -0.3 is 14.5 Å². The molecule has 0 atom stereocenters. The summed E-state index contributed by atoms with van der Waals surface area (Å²) < 4.78 is 13.1. The van der Waals surface area contributed by atoms with Crippen LogP contribution in [0.15, 0.2) is 99.3 Å². The minimum absolute atomic E-state index is 0.0397. The predicted octanol–water partition coefficient (Wildman–Crippen LogP) is 6.33. The summed E-state index contributed by atoms with van der Waals surface area (Å²) in [5.74, 6) is 0.309. The highest BCUT2D eigenvalue weighted by Gasteiger charge is 2.18. The lowest BCUT2D eigenvalue weighted by Crippen LogP contribution is -2.23. The van der Waals surface area contributed by atoms with Crippen molar-refractivity contribution in [1.82, 2.24) is 9.55 Å². The molecule has 4 aromatic carbocycles. The molecule has 0 unspecified atom stereocenters. The van der Waals surface area contributed by atoms with Crippen LogP contribution in [0.25, 0.3) is 38.5 Å². The van der Waals surface area contributed by atoms with Gasteiger partial charge in [-0.3, -0.25) is 14.2 Å².